The molecule has 0 heterocycles. The van der Waals surface area contributed by atoms with Gasteiger partial charge in [-0.25, -0.2) is 0 Å². The summed E-state index contributed by atoms with van der Waals surface area (Å²) in [4.78, 5) is 13.0. The minimum Gasteiger partial charge on any atom is -0.293 e. The van der Waals surface area contributed by atoms with Crippen molar-refractivity contribution in [2.75, 3.05) is 5.75 Å². The molecule has 0 aliphatic rings. The molecule has 0 bridgehead atoms. The summed E-state index contributed by atoms with van der Waals surface area (Å²) in [6.07, 6.45) is 0. The van der Waals surface area contributed by atoms with Gasteiger partial charge in [0, 0.05) is 15.5 Å². The maximum atomic E-state index is 11.9. The number of carbonyl (C=O) groups excluding carboxylic acids is 1. The van der Waals surface area contributed by atoms with Gasteiger partial charge in [-0.1, -0.05) is 41.9 Å². The van der Waals surface area contributed by atoms with Gasteiger partial charge in [-0.15, -0.1) is 11.8 Å². The Morgan fingerprint density at radius 3 is 2.53 bits per heavy atom. The van der Waals surface area contributed by atoms with Crippen LogP contribution in [0, 0.1) is 0 Å². The van der Waals surface area contributed by atoms with Crippen LogP contribution in [-0.2, 0) is 0 Å². The van der Waals surface area contributed by atoms with Gasteiger partial charge in [-0.05, 0) is 24.3 Å². The Labute approximate surface area is 110 Å². The highest BCUT2D eigenvalue weighted by molar-refractivity contribution is 8.00. The van der Waals surface area contributed by atoms with E-state index in [9.17, 15) is 4.79 Å². The molecule has 3 heteroatoms. The molecular weight excluding hydrogens is 252 g/mol. The van der Waals surface area contributed by atoms with Gasteiger partial charge in [0.2, 0.25) is 0 Å². The number of hydrogen-bond acceptors (Lipinski definition) is 2. The van der Waals surface area contributed by atoms with Crippen LogP contribution in [0.4, 0.5) is 0 Å². The second-order valence-electron chi connectivity index (χ2n) is 3.54. The maximum Gasteiger partial charge on any atom is 0.173 e. The molecule has 0 saturated carbocycles. The number of carbonyl (C=O) groups is 1. The molecule has 86 valence electrons. The van der Waals surface area contributed by atoms with Gasteiger partial charge in [0.15, 0.2) is 5.78 Å². The van der Waals surface area contributed by atoms with E-state index in [0.717, 1.165) is 4.90 Å². The van der Waals surface area contributed by atoms with Crippen molar-refractivity contribution < 1.29 is 4.79 Å². The molecule has 0 fully saturated rings. The van der Waals surface area contributed by atoms with Crippen LogP contribution in [0.5, 0.6) is 0 Å². The molecule has 0 aromatic heterocycles. The summed E-state index contributed by atoms with van der Waals surface area (Å²) in [5.74, 6) is 0.533. The van der Waals surface area contributed by atoms with E-state index in [4.69, 9.17) is 11.6 Å². The average Bonchev–Trinajstić information content (AvgIpc) is 2.37. The predicted molar refractivity (Wildman–Crippen MR) is 72.9 cm³/mol. The average molecular weight is 263 g/mol. The molecule has 0 atom stereocenters. The van der Waals surface area contributed by atoms with E-state index < -0.39 is 0 Å². The van der Waals surface area contributed by atoms with Crippen molar-refractivity contribution >= 4 is 29.1 Å². The van der Waals surface area contributed by atoms with Gasteiger partial charge in [0.1, 0.15) is 0 Å². The normalized spacial score (nSPS) is 10.2. The number of benzene rings is 2. The zero-order valence-corrected chi connectivity index (χ0v) is 10.7. The van der Waals surface area contributed by atoms with Crippen LogP contribution in [0.2, 0.25) is 5.02 Å². The largest absolute Gasteiger partial charge is 0.293 e. The smallest absolute Gasteiger partial charge is 0.173 e. The summed E-state index contributed by atoms with van der Waals surface area (Å²) in [6.45, 7) is 0. The Hall–Kier alpha value is -1.25. The number of halogens is 1. The lowest BCUT2D eigenvalue weighted by molar-refractivity contribution is 0.102. The standard InChI is InChI=1S/C14H11ClOS/c15-12-6-4-5-11(9-12)14(16)10-17-13-7-2-1-3-8-13/h1-9H,10H2. The molecule has 1 nitrogen and oxygen atoms in total. The first-order valence-corrected chi connectivity index (χ1v) is 6.59. The van der Waals surface area contributed by atoms with Gasteiger partial charge >= 0.3 is 0 Å². The molecule has 2 aromatic rings. The Morgan fingerprint density at radius 1 is 1.06 bits per heavy atom. The third kappa shape index (κ3) is 3.62. The van der Waals surface area contributed by atoms with E-state index in [1.54, 1.807) is 24.3 Å². The highest BCUT2D eigenvalue weighted by Gasteiger charge is 2.06. The number of Topliss-reactive ketones (excluding diaryl/α,β-unsaturated/α-hetero) is 1. The third-order valence-corrected chi connectivity index (χ3v) is 3.51. The highest BCUT2D eigenvalue weighted by atomic mass is 35.5. The summed E-state index contributed by atoms with van der Waals surface area (Å²) >= 11 is 7.38. The lowest BCUT2D eigenvalue weighted by Crippen LogP contribution is -2.01. The van der Waals surface area contributed by atoms with Gasteiger partial charge < -0.3 is 0 Å². The number of ketones is 1. The third-order valence-electron chi connectivity index (χ3n) is 2.26. The second-order valence-corrected chi connectivity index (χ2v) is 5.02. The van der Waals surface area contributed by atoms with Gasteiger partial charge in [-0.2, -0.15) is 0 Å². The van der Waals surface area contributed by atoms with Gasteiger partial charge in [-0.3, -0.25) is 4.79 Å². The molecular formula is C14H11ClOS. The number of thioether (sulfide) groups is 1. The molecule has 0 aliphatic carbocycles. The molecule has 2 aromatic carbocycles. The summed E-state index contributed by atoms with van der Waals surface area (Å²) in [6, 6.07) is 16.9. The van der Waals surface area contributed by atoms with Crippen LogP contribution >= 0.6 is 23.4 Å². The molecule has 0 spiro atoms. The Morgan fingerprint density at radius 2 is 1.82 bits per heavy atom. The van der Waals surface area contributed by atoms with E-state index in [0.29, 0.717) is 16.3 Å². The van der Waals surface area contributed by atoms with Gasteiger partial charge in [0.25, 0.3) is 0 Å². The summed E-state index contributed by atoms with van der Waals surface area (Å²) in [5.41, 5.74) is 0.668. The predicted octanol–water partition coefficient (Wildman–Crippen LogP) is 4.32. The lowest BCUT2D eigenvalue weighted by atomic mass is 10.1. The van der Waals surface area contributed by atoms with Gasteiger partial charge in [0.05, 0.1) is 5.75 Å². The SMILES string of the molecule is O=C(CSc1ccccc1)c1cccc(Cl)c1. The fourth-order valence-electron chi connectivity index (χ4n) is 1.41. The van der Waals surface area contributed by atoms with Crippen molar-refractivity contribution in [2.24, 2.45) is 0 Å². The van der Waals surface area contributed by atoms with Crippen LogP contribution in [0.25, 0.3) is 0 Å². The topological polar surface area (TPSA) is 17.1 Å². The van der Waals surface area contributed by atoms with Crippen LogP contribution < -0.4 is 0 Å². The fraction of sp³-hybridized carbons (Fsp3) is 0.0714. The van der Waals surface area contributed by atoms with Crippen molar-refractivity contribution in [3.05, 3.63) is 65.2 Å². The number of hydrogen-bond donors (Lipinski definition) is 0. The first-order chi connectivity index (χ1) is 8.25. The van der Waals surface area contributed by atoms with E-state index >= 15 is 0 Å². The van der Waals surface area contributed by atoms with Crippen LogP contribution in [0.1, 0.15) is 10.4 Å². The first-order valence-electron chi connectivity index (χ1n) is 5.22. The monoisotopic (exact) mass is 262 g/mol. The molecule has 0 unspecified atom stereocenters. The molecule has 0 saturated heterocycles. The van der Waals surface area contributed by atoms with E-state index in [1.807, 2.05) is 30.3 Å². The van der Waals surface area contributed by atoms with Crippen molar-refractivity contribution in [3.63, 3.8) is 0 Å². The second kappa shape index (κ2) is 5.89. The molecule has 0 N–H and O–H groups in total. The molecule has 0 radical (unpaired) electrons. The van der Waals surface area contributed by atoms with E-state index in [2.05, 4.69) is 0 Å². The van der Waals surface area contributed by atoms with E-state index in [-0.39, 0.29) is 5.78 Å². The van der Waals surface area contributed by atoms with Crippen LogP contribution in [0.15, 0.2) is 59.5 Å². The zero-order valence-electron chi connectivity index (χ0n) is 9.10. The van der Waals surface area contributed by atoms with Crippen LogP contribution in [-0.4, -0.2) is 11.5 Å². The molecule has 17 heavy (non-hydrogen) atoms. The molecule has 0 aliphatic heterocycles. The quantitative estimate of drug-likeness (QED) is 0.603. The van der Waals surface area contributed by atoms with Crippen molar-refractivity contribution in [1.82, 2.24) is 0 Å². The minimum atomic E-state index is 0.0985. The van der Waals surface area contributed by atoms with E-state index in [1.165, 1.54) is 11.8 Å². The molecule has 2 rings (SSSR count). The number of rotatable bonds is 4. The highest BCUT2D eigenvalue weighted by Crippen LogP contribution is 2.19. The van der Waals surface area contributed by atoms with Crippen molar-refractivity contribution in [2.45, 2.75) is 4.90 Å². The summed E-state index contributed by atoms with van der Waals surface area (Å²) in [7, 11) is 0. The fourth-order valence-corrected chi connectivity index (χ4v) is 2.42. The molecule has 0 amide bonds. The minimum absolute atomic E-state index is 0.0985. The van der Waals surface area contributed by atoms with Crippen molar-refractivity contribution in [3.8, 4) is 0 Å². The Bertz CT molecular complexity index is 511. The Balaban J connectivity index is 1.98. The summed E-state index contributed by atoms with van der Waals surface area (Å²) in [5, 5.41) is 0.598. The lowest BCUT2D eigenvalue weighted by Gasteiger charge is -2.02. The Kier molecular flexibility index (Phi) is 4.24. The first kappa shape index (κ1) is 12.2. The zero-order chi connectivity index (χ0) is 12.1. The summed E-state index contributed by atoms with van der Waals surface area (Å²) < 4.78 is 0. The van der Waals surface area contributed by atoms with Crippen molar-refractivity contribution in [1.29, 1.82) is 0 Å². The maximum absolute atomic E-state index is 11.9. The van der Waals surface area contributed by atoms with Crippen LogP contribution in [0.3, 0.4) is 0 Å².